The predicted octanol–water partition coefficient (Wildman–Crippen LogP) is 2.91. The lowest BCUT2D eigenvalue weighted by molar-refractivity contribution is 0.0696. The molecule has 0 saturated carbocycles. The smallest absolute Gasteiger partial charge is 0.335 e. The third-order valence-electron chi connectivity index (χ3n) is 2.18. The van der Waals surface area contributed by atoms with Crippen LogP contribution < -0.4 is 4.74 Å². The summed E-state index contributed by atoms with van der Waals surface area (Å²) in [6, 6.07) is 4.97. The first-order valence-corrected chi connectivity index (χ1v) is 5.06. The highest BCUT2D eigenvalue weighted by atomic mass is 16.5. The van der Waals surface area contributed by atoms with Gasteiger partial charge in [-0.3, -0.25) is 0 Å². The van der Waals surface area contributed by atoms with Crippen LogP contribution in [0.3, 0.4) is 0 Å². The van der Waals surface area contributed by atoms with Gasteiger partial charge < -0.3 is 9.84 Å². The average Bonchev–Trinajstić information content (AvgIpc) is 2.18. The molecule has 1 rings (SSSR count). The number of aromatic carboxylic acids is 1. The van der Waals surface area contributed by atoms with Crippen LogP contribution in [0.4, 0.5) is 0 Å². The molecule has 0 aliphatic carbocycles. The minimum absolute atomic E-state index is 0.255. The fraction of sp³-hybridized carbons (Fsp3) is 0.417. The van der Waals surface area contributed by atoms with Crippen molar-refractivity contribution in [3.63, 3.8) is 0 Å². The summed E-state index contributed by atoms with van der Waals surface area (Å²) in [6.45, 7) is 6.54. The molecule has 0 saturated heterocycles. The lowest BCUT2D eigenvalue weighted by atomic mass is 9.99. The Balaban J connectivity index is 3.14. The van der Waals surface area contributed by atoms with Gasteiger partial charge in [0.05, 0.1) is 12.2 Å². The highest BCUT2D eigenvalue weighted by molar-refractivity contribution is 5.88. The first kappa shape index (κ1) is 11.6. The first-order chi connectivity index (χ1) is 7.06. The number of carboxylic acid groups (broad SMARTS) is 1. The van der Waals surface area contributed by atoms with E-state index >= 15 is 0 Å². The van der Waals surface area contributed by atoms with Crippen molar-refractivity contribution in [2.45, 2.75) is 26.7 Å². The molecular formula is C12H16O3. The van der Waals surface area contributed by atoms with E-state index in [1.165, 1.54) is 0 Å². The van der Waals surface area contributed by atoms with Crippen LogP contribution in [0.2, 0.25) is 0 Å². The highest BCUT2D eigenvalue weighted by Gasteiger charge is 2.11. The van der Waals surface area contributed by atoms with Crippen LogP contribution in [0.15, 0.2) is 18.2 Å². The van der Waals surface area contributed by atoms with Crippen LogP contribution in [0.25, 0.3) is 0 Å². The number of hydrogen-bond acceptors (Lipinski definition) is 2. The summed E-state index contributed by atoms with van der Waals surface area (Å²) in [5.41, 5.74) is 1.25. The second-order valence-electron chi connectivity index (χ2n) is 3.65. The van der Waals surface area contributed by atoms with E-state index in [-0.39, 0.29) is 5.92 Å². The van der Waals surface area contributed by atoms with Gasteiger partial charge in [0.25, 0.3) is 0 Å². The Labute approximate surface area is 89.7 Å². The molecule has 0 atom stereocenters. The van der Waals surface area contributed by atoms with Crippen LogP contribution in [0.1, 0.15) is 42.6 Å². The molecule has 0 aliphatic rings. The number of carbonyl (C=O) groups is 1. The van der Waals surface area contributed by atoms with Crippen molar-refractivity contribution in [2.75, 3.05) is 6.61 Å². The molecule has 0 unspecified atom stereocenters. The number of benzene rings is 1. The molecule has 15 heavy (non-hydrogen) atoms. The van der Waals surface area contributed by atoms with Gasteiger partial charge in [-0.2, -0.15) is 0 Å². The van der Waals surface area contributed by atoms with E-state index < -0.39 is 5.97 Å². The van der Waals surface area contributed by atoms with Crippen molar-refractivity contribution >= 4 is 5.97 Å². The Bertz CT molecular complexity index is 356. The van der Waals surface area contributed by atoms with Gasteiger partial charge in [0.1, 0.15) is 5.75 Å². The third kappa shape index (κ3) is 2.72. The van der Waals surface area contributed by atoms with Crippen molar-refractivity contribution < 1.29 is 14.6 Å². The lowest BCUT2D eigenvalue weighted by Crippen LogP contribution is -2.02. The second kappa shape index (κ2) is 4.82. The summed E-state index contributed by atoms with van der Waals surface area (Å²) in [5.74, 6) is 0.128. The zero-order chi connectivity index (χ0) is 11.4. The molecule has 0 fully saturated rings. The highest BCUT2D eigenvalue weighted by Crippen LogP contribution is 2.27. The largest absolute Gasteiger partial charge is 0.494 e. The van der Waals surface area contributed by atoms with Crippen LogP contribution in [0.5, 0.6) is 5.75 Å². The number of rotatable bonds is 4. The summed E-state index contributed by atoms with van der Waals surface area (Å²) in [6.07, 6.45) is 0. The topological polar surface area (TPSA) is 46.5 Å². The number of carboxylic acids is 1. The predicted molar refractivity (Wildman–Crippen MR) is 58.7 cm³/mol. The second-order valence-corrected chi connectivity index (χ2v) is 3.65. The lowest BCUT2D eigenvalue weighted by Gasteiger charge is -2.13. The summed E-state index contributed by atoms with van der Waals surface area (Å²) < 4.78 is 5.44. The van der Waals surface area contributed by atoms with Gasteiger partial charge in [-0.25, -0.2) is 4.79 Å². The van der Waals surface area contributed by atoms with E-state index in [1.54, 1.807) is 18.2 Å². The third-order valence-corrected chi connectivity index (χ3v) is 2.18. The Morgan fingerprint density at radius 1 is 1.47 bits per heavy atom. The van der Waals surface area contributed by atoms with Gasteiger partial charge in [-0.15, -0.1) is 0 Å². The summed E-state index contributed by atoms with van der Waals surface area (Å²) in [4.78, 5) is 10.8. The van der Waals surface area contributed by atoms with Crippen molar-refractivity contribution in [1.82, 2.24) is 0 Å². The van der Waals surface area contributed by atoms with Gasteiger partial charge in [0.15, 0.2) is 0 Å². The monoisotopic (exact) mass is 208 g/mol. The molecule has 3 heteroatoms. The van der Waals surface area contributed by atoms with E-state index in [1.807, 2.05) is 20.8 Å². The minimum atomic E-state index is -0.903. The van der Waals surface area contributed by atoms with Crippen LogP contribution >= 0.6 is 0 Å². The van der Waals surface area contributed by atoms with Crippen molar-refractivity contribution in [1.29, 1.82) is 0 Å². The summed E-state index contributed by atoms with van der Waals surface area (Å²) >= 11 is 0. The Morgan fingerprint density at radius 3 is 2.60 bits per heavy atom. The number of ether oxygens (including phenoxy) is 1. The van der Waals surface area contributed by atoms with Gasteiger partial charge in [0, 0.05) is 0 Å². The molecule has 1 aromatic carbocycles. The Morgan fingerprint density at radius 2 is 2.13 bits per heavy atom. The molecule has 82 valence electrons. The summed E-state index contributed by atoms with van der Waals surface area (Å²) in [7, 11) is 0. The van der Waals surface area contributed by atoms with Crippen LogP contribution in [-0.4, -0.2) is 17.7 Å². The molecule has 0 aliphatic heterocycles. The molecule has 0 heterocycles. The molecule has 1 aromatic rings. The molecule has 0 aromatic heterocycles. The van der Waals surface area contributed by atoms with E-state index in [2.05, 4.69) is 0 Å². The maximum absolute atomic E-state index is 10.8. The van der Waals surface area contributed by atoms with Gasteiger partial charge in [0.2, 0.25) is 0 Å². The molecule has 0 radical (unpaired) electrons. The van der Waals surface area contributed by atoms with Gasteiger partial charge in [-0.1, -0.05) is 13.8 Å². The molecule has 0 bridgehead atoms. The quantitative estimate of drug-likeness (QED) is 0.827. The van der Waals surface area contributed by atoms with E-state index in [9.17, 15) is 4.79 Å². The van der Waals surface area contributed by atoms with Gasteiger partial charge >= 0.3 is 5.97 Å². The standard InChI is InChI=1S/C12H16O3/c1-4-15-11-6-5-9(12(13)14)7-10(11)8(2)3/h5-8H,4H2,1-3H3,(H,13,14). The molecule has 0 spiro atoms. The van der Waals surface area contributed by atoms with Gasteiger partial charge in [-0.05, 0) is 36.6 Å². The molecule has 1 N–H and O–H groups in total. The summed E-state index contributed by atoms with van der Waals surface area (Å²) in [5, 5.41) is 8.87. The average molecular weight is 208 g/mol. The maximum atomic E-state index is 10.8. The first-order valence-electron chi connectivity index (χ1n) is 5.06. The Kier molecular flexibility index (Phi) is 3.72. The maximum Gasteiger partial charge on any atom is 0.335 e. The molecule has 0 amide bonds. The SMILES string of the molecule is CCOc1ccc(C(=O)O)cc1C(C)C. The molecule has 3 nitrogen and oxygen atoms in total. The fourth-order valence-electron chi connectivity index (χ4n) is 1.42. The van der Waals surface area contributed by atoms with Crippen LogP contribution in [-0.2, 0) is 0 Å². The van der Waals surface area contributed by atoms with Crippen molar-refractivity contribution in [3.8, 4) is 5.75 Å². The van der Waals surface area contributed by atoms with E-state index in [0.29, 0.717) is 12.2 Å². The fourth-order valence-corrected chi connectivity index (χ4v) is 1.42. The number of hydrogen-bond donors (Lipinski definition) is 1. The van der Waals surface area contributed by atoms with Crippen molar-refractivity contribution in [2.24, 2.45) is 0 Å². The zero-order valence-corrected chi connectivity index (χ0v) is 9.28. The normalized spacial score (nSPS) is 10.4. The van der Waals surface area contributed by atoms with Crippen LogP contribution in [0, 0.1) is 0 Å². The van der Waals surface area contributed by atoms with E-state index in [4.69, 9.17) is 9.84 Å². The molecular weight excluding hydrogens is 192 g/mol. The Hall–Kier alpha value is -1.51. The van der Waals surface area contributed by atoms with Crippen molar-refractivity contribution in [3.05, 3.63) is 29.3 Å². The minimum Gasteiger partial charge on any atom is -0.494 e. The zero-order valence-electron chi connectivity index (χ0n) is 9.28. The van der Waals surface area contributed by atoms with E-state index in [0.717, 1.165) is 11.3 Å².